The fraction of sp³-hybridized carbons (Fsp3) is 0.571. The van der Waals surface area contributed by atoms with Crippen LogP contribution in [-0.2, 0) is 11.2 Å². The van der Waals surface area contributed by atoms with Gasteiger partial charge in [0.05, 0.1) is 12.7 Å². The van der Waals surface area contributed by atoms with E-state index in [4.69, 9.17) is 4.74 Å². The van der Waals surface area contributed by atoms with Crippen LogP contribution in [0, 0.1) is 11.6 Å². The molecule has 1 N–H and O–H groups in total. The van der Waals surface area contributed by atoms with Crippen molar-refractivity contribution in [2.45, 2.75) is 39.3 Å². The van der Waals surface area contributed by atoms with Gasteiger partial charge in [-0.05, 0) is 38.4 Å². The minimum Gasteiger partial charge on any atom is -0.377 e. The molecule has 0 aliphatic carbocycles. The van der Waals surface area contributed by atoms with Crippen molar-refractivity contribution in [3.63, 3.8) is 0 Å². The van der Waals surface area contributed by atoms with E-state index >= 15 is 0 Å². The summed E-state index contributed by atoms with van der Waals surface area (Å²) in [5, 5.41) is 3.22. The van der Waals surface area contributed by atoms with E-state index in [1.807, 2.05) is 20.8 Å². The number of nitrogens with one attached hydrogen (secondary N) is 1. The predicted molar refractivity (Wildman–Crippen MR) is 68.6 cm³/mol. The van der Waals surface area contributed by atoms with Crippen molar-refractivity contribution >= 4 is 0 Å². The van der Waals surface area contributed by atoms with Crippen LogP contribution in [0.4, 0.5) is 8.78 Å². The van der Waals surface area contributed by atoms with E-state index in [9.17, 15) is 8.78 Å². The van der Waals surface area contributed by atoms with Gasteiger partial charge in [0.25, 0.3) is 0 Å². The van der Waals surface area contributed by atoms with E-state index in [0.717, 1.165) is 12.6 Å². The summed E-state index contributed by atoms with van der Waals surface area (Å²) >= 11 is 0. The number of hydrogen-bond donors (Lipinski definition) is 1. The zero-order chi connectivity index (χ0) is 13.5. The molecule has 0 amide bonds. The average molecular weight is 257 g/mol. The van der Waals surface area contributed by atoms with Crippen LogP contribution in [-0.4, -0.2) is 25.3 Å². The largest absolute Gasteiger partial charge is 0.377 e. The number of hydrogen-bond acceptors (Lipinski definition) is 2. The van der Waals surface area contributed by atoms with Gasteiger partial charge in [-0.25, -0.2) is 8.78 Å². The van der Waals surface area contributed by atoms with Crippen LogP contribution < -0.4 is 5.32 Å². The normalized spacial score (nSPS) is 13.0. The number of ether oxygens (including phenoxy) is 1. The summed E-state index contributed by atoms with van der Waals surface area (Å²) in [4.78, 5) is 0. The maximum Gasteiger partial charge on any atom is 0.162 e. The van der Waals surface area contributed by atoms with Gasteiger partial charge in [-0.1, -0.05) is 19.1 Å². The van der Waals surface area contributed by atoms with Crippen LogP contribution >= 0.6 is 0 Å². The Balaban J connectivity index is 2.67. The summed E-state index contributed by atoms with van der Waals surface area (Å²) in [5.41, 5.74) is 0.383. The van der Waals surface area contributed by atoms with Gasteiger partial charge >= 0.3 is 0 Å². The predicted octanol–water partition coefficient (Wildman–Crippen LogP) is 2.91. The number of rotatable bonds is 7. The topological polar surface area (TPSA) is 21.3 Å². The van der Waals surface area contributed by atoms with Crippen molar-refractivity contribution in [2.75, 3.05) is 13.2 Å². The maximum absolute atomic E-state index is 13.6. The number of likely N-dealkylation sites (N-methyl/N-ethyl adjacent to an activating group) is 1. The highest BCUT2D eigenvalue weighted by Gasteiger charge is 2.14. The van der Waals surface area contributed by atoms with Crippen molar-refractivity contribution < 1.29 is 13.5 Å². The Morgan fingerprint density at radius 2 is 2.00 bits per heavy atom. The molecule has 0 aliphatic rings. The first kappa shape index (κ1) is 15.1. The maximum atomic E-state index is 13.6. The molecule has 1 rings (SSSR count). The molecule has 0 saturated heterocycles. The Hall–Kier alpha value is -1.00. The van der Waals surface area contributed by atoms with Crippen LogP contribution in [0.2, 0.25) is 0 Å². The summed E-state index contributed by atoms with van der Waals surface area (Å²) in [5.74, 6) is -1.56. The summed E-state index contributed by atoms with van der Waals surface area (Å²) in [6.07, 6.45) is 0.549. The second kappa shape index (κ2) is 7.44. The quantitative estimate of drug-likeness (QED) is 0.811. The molecule has 0 radical (unpaired) electrons. The SMILES string of the molecule is CCNC(COC(C)C)Cc1cccc(F)c1F. The lowest BCUT2D eigenvalue weighted by molar-refractivity contribution is 0.0614. The molecule has 0 heterocycles. The summed E-state index contributed by atoms with van der Waals surface area (Å²) in [7, 11) is 0. The number of halogens is 2. The standard InChI is InChI=1S/C14H21F2NO/c1-4-17-12(9-18-10(2)3)8-11-6-5-7-13(15)14(11)16/h5-7,10,12,17H,4,8-9H2,1-3H3. The minimum atomic E-state index is -0.799. The summed E-state index contributed by atoms with van der Waals surface area (Å²) < 4.78 is 32.2. The fourth-order valence-electron chi connectivity index (χ4n) is 1.76. The van der Waals surface area contributed by atoms with Crippen LogP contribution in [0.5, 0.6) is 0 Å². The van der Waals surface area contributed by atoms with E-state index in [0.29, 0.717) is 18.6 Å². The highest BCUT2D eigenvalue weighted by molar-refractivity contribution is 5.20. The zero-order valence-electron chi connectivity index (χ0n) is 11.2. The molecule has 0 spiro atoms. The molecule has 0 aliphatic heterocycles. The van der Waals surface area contributed by atoms with Gasteiger partial charge in [0, 0.05) is 6.04 Å². The smallest absolute Gasteiger partial charge is 0.162 e. The van der Waals surface area contributed by atoms with Gasteiger partial charge in [-0.2, -0.15) is 0 Å². The first-order valence-electron chi connectivity index (χ1n) is 6.32. The molecular weight excluding hydrogens is 236 g/mol. The molecule has 1 unspecified atom stereocenters. The van der Waals surface area contributed by atoms with E-state index in [1.165, 1.54) is 6.07 Å². The third-order valence-electron chi connectivity index (χ3n) is 2.62. The van der Waals surface area contributed by atoms with E-state index < -0.39 is 11.6 Å². The Labute approximate surface area is 107 Å². The first-order valence-corrected chi connectivity index (χ1v) is 6.32. The molecule has 18 heavy (non-hydrogen) atoms. The van der Waals surface area contributed by atoms with Gasteiger partial charge in [0.1, 0.15) is 0 Å². The summed E-state index contributed by atoms with van der Waals surface area (Å²) in [6.45, 7) is 7.13. The second-order valence-corrected chi connectivity index (χ2v) is 4.55. The molecule has 102 valence electrons. The minimum absolute atomic E-state index is 0.00583. The third kappa shape index (κ3) is 4.70. The lowest BCUT2D eigenvalue weighted by Gasteiger charge is -2.20. The molecule has 0 fully saturated rings. The Kier molecular flexibility index (Phi) is 6.22. The molecule has 0 saturated carbocycles. The third-order valence-corrected chi connectivity index (χ3v) is 2.62. The second-order valence-electron chi connectivity index (χ2n) is 4.55. The Bertz CT molecular complexity index is 369. The van der Waals surface area contributed by atoms with Crippen molar-refractivity contribution in [2.24, 2.45) is 0 Å². The van der Waals surface area contributed by atoms with Crippen LogP contribution in [0.3, 0.4) is 0 Å². The first-order chi connectivity index (χ1) is 8.54. The van der Waals surface area contributed by atoms with Gasteiger partial charge in [0.15, 0.2) is 11.6 Å². The average Bonchev–Trinajstić information content (AvgIpc) is 2.32. The van der Waals surface area contributed by atoms with Gasteiger partial charge in [0.2, 0.25) is 0 Å². The van der Waals surface area contributed by atoms with Gasteiger partial charge < -0.3 is 10.1 Å². The Morgan fingerprint density at radius 1 is 1.28 bits per heavy atom. The molecule has 0 bridgehead atoms. The fourth-order valence-corrected chi connectivity index (χ4v) is 1.76. The van der Waals surface area contributed by atoms with Crippen molar-refractivity contribution in [1.29, 1.82) is 0 Å². The van der Waals surface area contributed by atoms with Crippen molar-refractivity contribution in [3.8, 4) is 0 Å². The van der Waals surface area contributed by atoms with Crippen LogP contribution in [0.15, 0.2) is 18.2 Å². The molecule has 1 aromatic rings. The number of benzene rings is 1. The highest BCUT2D eigenvalue weighted by Crippen LogP contribution is 2.13. The molecule has 1 atom stereocenters. The van der Waals surface area contributed by atoms with E-state index in [2.05, 4.69) is 5.32 Å². The Morgan fingerprint density at radius 3 is 2.61 bits per heavy atom. The van der Waals surface area contributed by atoms with E-state index in [-0.39, 0.29) is 12.1 Å². The molecule has 1 aromatic carbocycles. The lowest BCUT2D eigenvalue weighted by atomic mass is 10.1. The van der Waals surface area contributed by atoms with Crippen LogP contribution in [0.1, 0.15) is 26.3 Å². The summed E-state index contributed by atoms with van der Waals surface area (Å²) in [6, 6.07) is 4.26. The molecular formula is C14H21F2NO. The monoisotopic (exact) mass is 257 g/mol. The highest BCUT2D eigenvalue weighted by atomic mass is 19.2. The van der Waals surface area contributed by atoms with Crippen LogP contribution in [0.25, 0.3) is 0 Å². The molecule has 2 nitrogen and oxygen atoms in total. The van der Waals surface area contributed by atoms with Gasteiger partial charge in [-0.3, -0.25) is 0 Å². The zero-order valence-corrected chi connectivity index (χ0v) is 11.2. The van der Waals surface area contributed by atoms with E-state index in [1.54, 1.807) is 6.07 Å². The van der Waals surface area contributed by atoms with Gasteiger partial charge in [-0.15, -0.1) is 0 Å². The lowest BCUT2D eigenvalue weighted by Crippen LogP contribution is -2.36. The molecule has 0 aromatic heterocycles. The molecule has 4 heteroatoms. The van der Waals surface area contributed by atoms with Crippen molar-refractivity contribution in [1.82, 2.24) is 5.32 Å². The van der Waals surface area contributed by atoms with Crippen molar-refractivity contribution in [3.05, 3.63) is 35.4 Å².